The quantitative estimate of drug-likeness (QED) is 0.831. The number of nitrogens with one attached hydrogen (secondary N) is 1. The van der Waals surface area contributed by atoms with E-state index in [4.69, 9.17) is 11.6 Å². The fourth-order valence-electron chi connectivity index (χ4n) is 1.41. The Bertz CT molecular complexity index is 260. The summed E-state index contributed by atoms with van der Waals surface area (Å²) in [5, 5.41) is 4.12. The first kappa shape index (κ1) is 11.9. The van der Waals surface area contributed by atoms with Gasteiger partial charge in [-0.25, -0.2) is 0 Å². The van der Waals surface area contributed by atoms with Crippen molar-refractivity contribution in [3.8, 4) is 0 Å². The minimum Gasteiger partial charge on any atom is -0.313 e. The molecule has 0 saturated carbocycles. The van der Waals surface area contributed by atoms with Crippen LogP contribution < -0.4 is 5.32 Å². The second-order valence-corrected chi connectivity index (χ2v) is 4.60. The summed E-state index contributed by atoms with van der Waals surface area (Å²) in [6.45, 7) is 0. The number of thioether (sulfide) groups is 1. The molecule has 0 aliphatic carbocycles. The minimum atomic E-state index is 0.444. The average Bonchev–Trinajstić information content (AvgIpc) is 2.21. The van der Waals surface area contributed by atoms with Crippen molar-refractivity contribution >= 4 is 23.4 Å². The standard InChI is InChI=1S/C11H16ClNS/c1-13-11(7-8-14-2)9-3-5-10(12)6-4-9/h3-6,11,13H,7-8H2,1-2H3. The predicted octanol–water partition coefficient (Wildman–Crippen LogP) is 3.35. The summed E-state index contributed by atoms with van der Waals surface area (Å²) in [6, 6.07) is 8.51. The largest absolute Gasteiger partial charge is 0.313 e. The lowest BCUT2D eigenvalue weighted by Gasteiger charge is -2.15. The van der Waals surface area contributed by atoms with Gasteiger partial charge in [0.05, 0.1) is 0 Å². The summed E-state index contributed by atoms with van der Waals surface area (Å²) in [7, 11) is 2.00. The summed E-state index contributed by atoms with van der Waals surface area (Å²) < 4.78 is 0. The van der Waals surface area contributed by atoms with E-state index in [1.807, 2.05) is 30.9 Å². The van der Waals surface area contributed by atoms with Gasteiger partial charge in [0, 0.05) is 11.1 Å². The molecule has 1 aromatic carbocycles. The summed E-state index contributed by atoms with van der Waals surface area (Å²) in [4.78, 5) is 0. The van der Waals surface area contributed by atoms with E-state index in [0.29, 0.717) is 6.04 Å². The second kappa shape index (κ2) is 6.33. The van der Waals surface area contributed by atoms with Gasteiger partial charge in [0.1, 0.15) is 0 Å². The van der Waals surface area contributed by atoms with E-state index in [1.165, 1.54) is 11.3 Å². The van der Waals surface area contributed by atoms with Gasteiger partial charge < -0.3 is 5.32 Å². The van der Waals surface area contributed by atoms with Crippen molar-refractivity contribution in [3.05, 3.63) is 34.9 Å². The Labute approximate surface area is 95.2 Å². The fraction of sp³-hybridized carbons (Fsp3) is 0.455. The van der Waals surface area contributed by atoms with Crippen LogP contribution in [0, 0.1) is 0 Å². The van der Waals surface area contributed by atoms with E-state index in [9.17, 15) is 0 Å². The normalized spacial score (nSPS) is 12.8. The first-order valence-electron chi connectivity index (χ1n) is 4.69. The van der Waals surface area contributed by atoms with Crippen molar-refractivity contribution in [3.63, 3.8) is 0 Å². The zero-order chi connectivity index (χ0) is 10.4. The third kappa shape index (κ3) is 3.52. The van der Waals surface area contributed by atoms with Gasteiger partial charge in [-0.15, -0.1) is 0 Å². The molecule has 0 heterocycles. The first-order chi connectivity index (χ1) is 6.77. The molecule has 0 aromatic heterocycles. The third-order valence-corrected chi connectivity index (χ3v) is 3.13. The lowest BCUT2D eigenvalue weighted by atomic mass is 10.1. The van der Waals surface area contributed by atoms with Crippen molar-refractivity contribution in [1.29, 1.82) is 0 Å². The monoisotopic (exact) mass is 229 g/mol. The highest BCUT2D eigenvalue weighted by Gasteiger charge is 2.07. The second-order valence-electron chi connectivity index (χ2n) is 3.17. The Morgan fingerprint density at radius 2 is 2.00 bits per heavy atom. The first-order valence-corrected chi connectivity index (χ1v) is 6.46. The van der Waals surface area contributed by atoms with Crippen LogP contribution in [-0.4, -0.2) is 19.1 Å². The maximum atomic E-state index is 5.84. The molecule has 0 radical (unpaired) electrons. The lowest BCUT2D eigenvalue weighted by molar-refractivity contribution is 0.581. The molecule has 0 saturated heterocycles. The van der Waals surface area contributed by atoms with Gasteiger partial charge in [0.15, 0.2) is 0 Å². The van der Waals surface area contributed by atoms with Crippen molar-refractivity contribution < 1.29 is 0 Å². The molecule has 0 spiro atoms. The van der Waals surface area contributed by atoms with Gasteiger partial charge in [0.25, 0.3) is 0 Å². The number of hydrogen-bond acceptors (Lipinski definition) is 2. The van der Waals surface area contributed by atoms with Crippen molar-refractivity contribution in [1.82, 2.24) is 5.32 Å². The molecule has 1 atom stereocenters. The highest BCUT2D eigenvalue weighted by Crippen LogP contribution is 2.20. The molecule has 1 N–H and O–H groups in total. The topological polar surface area (TPSA) is 12.0 Å². The molecule has 0 fully saturated rings. The molecular formula is C11H16ClNS. The van der Waals surface area contributed by atoms with Gasteiger partial charge in [-0.3, -0.25) is 0 Å². The highest BCUT2D eigenvalue weighted by atomic mass is 35.5. The van der Waals surface area contributed by atoms with Crippen LogP contribution in [0.5, 0.6) is 0 Å². The van der Waals surface area contributed by atoms with Crippen LogP contribution in [0.3, 0.4) is 0 Å². The van der Waals surface area contributed by atoms with Crippen molar-refractivity contribution in [2.24, 2.45) is 0 Å². The number of benzene rings is 1. The van der Waals surface area contributed by atoms with Crippen LogP contribution >= 0.6 is 23.4 Å². The Morgan fingerprint density at radius 3 is 2.50 bits per heavy atom. The number of halogens is 1. The fourth-order valence-corrected chi connectivity index (χ4v) is 2.01. The molecule has 0 aliphatic rings. The molecule has 1 nitrogen and oxygen atoms in total. The summed E-state index contributed by atoms with van der Waals surface area (Å²) >= 11 is 7.72. The molecule has 14 heavy (non-hydrogen) atoms. The number of rotatable bonds is 5. The van der Waals surface area contributed by atoms with E-state index in [-0.39, 0.29) is 0 Å². The lowest BCUT2D eigenvalue weighted by Crippen LogP contribution is -2.16. The van der Waals surface area contributed by atoms with E-state index in [0.717, 1.165) is 11.4 Å². The molecule has 0 amide bonds. The highest BCUT2D eigenvalue weighted by molar-refractivity contribution is 7.98. The summed E-state index contributed by atoms with van der Waals surface area (Å²) in [5.41, 5.74) is 1.31. The van der Waals surface area contributed by atoms with Crippen LogP contribution in [0.1, 0.15) is 18.0 Å². The third-order valence-electron chi connectivity index (χ3n) is 2.23. The SMILES string of the molecule is CNC(CCSC)c1ccc(Cl)cc1. The molecule has 78 valence electrons. The van der Waals surface area contributed by atoms with Crippen LogP contribution in [-0.2, 0) is 0 Å². The predicted molar refractivity (Wildman–Crippen MR) is 66.3 cm³/mol. The summed E-state index contributed by atoms with van der Waals surface area (Å²) in [5.74, 6) is 1.17. The van der Waals surface area contributed by atoms with Crippen molar-refractivity contribution in [2.45, 2.75) is 12.5 Å². The molecule has 1 rings (SSSR count). The Balaban J connectivity index is 2.64. The summed E-state index contributed by atoms with van der Waals surface area (Å²) in [6.07, 6.45) is 3.29. The van der Waals surface area contributed by atoms with Crippen LogP contribution in [0.4, 0.5) is 0 Å². The maximum Gasteiger partial charge on any atom is 0.0406 e. The zero-order valence-corrected chi connectivity index (χ0v) is 10.2. The van der Waals surface area contributed by atoms with Gasteiger partial charge >= 0.3 is 0 Å². The molecule has 0 bridgehead atoms. The smallest absolute Gasteiger partial charge is 0.0406 e. The Morgan fingerprint density at radius 1 is 1.36 bits per heavy atom. The van der Waals surface area contributed by atoms with Crippen LogP contribution in [0.25, 0.3) is 0 Å². The maximum absolute atomic E-state index is 5.84. The Kier molecular flexibility index (Phi) is 5.38. The molecule has 0 aliphatic heterocycles. The zero-order valence-electron chi connectivity index (χ0n) is 8.59. The van der Waals surface area contributed by atoms with Gasteiger partial charge in [-0.05, 0) is 43.2 Å². The van der Waals surface area contributed by atoms with E-state index < -0.39 is 0 Å². The van der Waals surface area contributed by atoms with E-state index in [2.05, 4.69) is 23.7 Å². The van der Waals surface area contributed by atoms with E-state index in [1.54, 1.807) is 0 Å². The van der Waals surface area contributed by atoms with Gasteiger partial charge in [-0.2, -0.15) is 11.8 Å². The number of hydrogen-bond donors (Lipinski definition) is 1. The van der Waals surface area contributed by atoms with Gasteiger partial charge in [0.2, 0.25) is 0 Å². The van der Waals surface area contributed by atoms with Crippen LogP contribution in [0.15, 0.2) is 24.3 Å². The van der Waals surface area contributed by atoms with Gasteiger partial charge in [-0.1, -0.05) is 23.7 Å². The average molecular weight is 230 g/mol. The molecule has 1 unspecified atom stereocenters. The molecule has 1 aromatic rings. The van der Waals surface area contributed by atoms with Crippen LogP contribution in [0.2, 0.25) is 5.02 Å². The van der Waals surface area contributed by atoms with E-state index >= 15 is 0 Å². The minimum absolute atomic E-state index is 0.444. The molecule has 3 heteroatoms. The van der Waals surface area contributed by atoms with Crippen molar-refractivity contribution in [2.75, 3.05) is 19.1 Å². The molecular weight excluding hydrogens is 214 g/mol. The Hall–Kier alpha value is -0.180.